The Morgan fingerprint density at radius 2 is 2.12 bits per heavy atom. The lowest BCUT2D eigenvalue weighted by Gasteiger charge is -2.12. The minimum Gasteiger partial charge on any atom is -0.464 e. The number of rotatable bonds is 5. The Bertz CT molecular complexity index is 800. The molecule has 2 N–H and O–H groups in total. The summed E-state index contributed by atoms with van der Waals surface area (Å²) in [5.41, 5.74) is 0.915. The Labute approximate surface area is 144 Å². The summed E-state index contributed by atoms with van der Waals surface area (Å²) in [6, 6.07) is 10.3. The van der Waals surface area contributed by atoms with E-state index in [0.29, 0.717) is 25.1 Å². The highest BCUT2D eigenvalue weighted by molar-refractivity contribution is 5.96. The normalized spacial score (nSPS) is 16.4. The summed E-state index contributed by atoms with van der Waals surface area (Å²) in [5.74, 6) is -1.01. The van der Waals surface area contributed by atoms with Gasteiger partial charge >= 0.3 is 5.97 Å². The van der Waals surface area contributed by atoms with Crippen LogP contribution in [-0.4, -0.2) is 47.3 Å². The molecular weight excluding hydrogens is 324 g/mol. The van der Waals surface area contributed by atoms with Crippen LogP contribution in [0.5, 0.6) is 0 Å². The van der Waals surface area contributed by atoms with Crippen LogP contribution in [0.1, 0.15) is 33.8 Å². The summed E-state index contributed by atoms with van der Waals surface area (Å²) >= 11 is 0. The topological polar surface area (TPSA) is 102 Å². The lowest BCUT2D eigenvalue weighted by Crippen LogP contribution is -2.38. The van der Waals surface area contributed by atoms with Crippen LogP contribution in [0.4, 0.5) is 0 Å². The molecule has 1 aromatic carbocycles. The van der Waals surface area contributed by atoms with E-state index in [9.17, 15) is 14.4 Å². The van der Waals surface area contributed by atoms with E-state index < -0.39 is 5.97 Å². The van der Waals surface area contributed by atoms with Gasteiger partial charge in [0.05, 0.1) is 12.8 Å². The zero-order valence-corrected chi connectivity index (χ0v) is 13.7. The molecule has 2 aromatic rings. The van der Waals surface area contributed by atoms with Crippen LogP contribution in [0.15, 0.2) is 36.4 Å². The summed E-state index contributed by atoms with van der Waals surface area (Å²) in [6.07, 6.45) is 1.15. The van der Waals surface area contributed by atoms with Crippen molar-refractivity contribution in [3.8, 4) is 5.69 Å². The summed E-state index contributed by atoms with van der Waals surface area (Å²) in [6.45, 7) is 0.318. The number of hydrogen-bond donors (Lipinski definition) is 2. The quantitative estimate of drug-likeness (QED) is 0.778. The number of ether oxygens (including phenoxy) is 1. The highest BCUT2D eigenvalue weighted by atomic mass is 16.5. The summed E-state index contributed by atoms with van der Waals surface area (Å²) in [5, 5.41) is 9.74. The van der Waals surface area contributed by atoms with E-state index in [4.69, 9.17) is 0 Å². The number of nitrogens with one attached hydrogen (secondary N) is 2. The number of aromatic nitrogens is 2. The first-order valence-electron chi connectivity index (χ1n) is 7.90. The second-order valence-electron chi connectivity index (χ2n) is 5.67. The molecule has 2 amide bonds. The van der Waals surface area contributed by atoms with E-state index in [2.05, 4.69) is 20.5 Å². The van der Waals surface area contributed by atoms with Crippen molar-refractivity contribution in [2.45, 2.75) is 18.9 Å². The average molecular weight is 342 g/mol. The second-order valence-corrected chi connectivity index (χ2v) is 5.67. The second kappa shape index (κ2) is 7.16. The van der Waals surface area contributed by atoms with E-state index in [0.717, 1.165) is 0 Å². The van der Waals surface area contributed by atoms with Gasteiger partial charge < -0.3 is 15.4 Å². The maximum atomic E-state index is 12.6. The molecular formula is C17H18N4O4. The Kier molecular flexibility index (Phi) is 4.78. The van der Waals surface area contributed by atoms with Crippen LogP contribution in [0.3, 0.4) is 0 Å². The number of carbonyl (C=O) groups is 3. The Morgan fingerprint density at radius 1 is 1.36 bits per heavy atom. The third kappa shape index (κ3) is 3.68. The standard InChI is InChI=1S/C17H18N4O4/c1-25-17(24)13-9-14(21(20-13)12-5-3-2-4-6-12)16(23)18-10-11-7-8-15(22)19-11/h2-6,9,11H,7-8,10H2,1H3,(H,18,23)(H,19,22)/t11-/m1/s1. The van der Waals surface area contributed by atoms with Crippen molar-refractivity contribution in [3.63, 3.8) is 0 Å². The molecule has 1 atom stereocenters. The van der Waals surface area contributed by atoms with Crippen molar-refractivity contribution in [2.75, 3.05) is 13.7 Å². The lowest BCUT2D eigenvalue weighted by atomic mass is 10.2. The van der Waals surface area contributed by atoms with Gasteiger partial charge in [0.15, 0.2) is 5.69 Å². The van der Waals surface area contributed by atoms with Gasteiger partial charge in [0, 0.05) is 25.1 Å². The van der Waals surface area contributed by atoms with Crippen LogP contribution in [-0.2, 0) is 9.53 Å². The van der Waals surface area contributed by atoms with Gasteiger partial charge in [0.1, 0.15) is 5.69 Å². The van der Waals surface area contributed by atoms with E-state index >= 15 is 0 Å². The molecule has 1 aliphatic heterocycles. The largest absolute Gasteiger partial charge is 0.464 e. The lowest BCUT2D eigenvalue weighted by molar-refractivity contribution is -0.119. The van der Waals surface area contributed by atoms with Crippen molar-refractivity contribution in [1.82, 2.24) is 20.4 Å². The predicted octanol–water partition coefficient (Wildman–Crippen LogP) is 0.667. The van der Waals surface area contributed by atoms with E-state index in [1.54, 1.807) is 12.1 Å². The number of amides is 2. The van der Waals surface area contributed by atoms with E-state index in [-0.39, 0.29) is 29.2 Å². The molecule has 3 rings (SSSR count). The molecule has 8 nitrogen and oxygen atoms in total. The first-order chi connectivity index (χ1) is 12.1. The number of benzene rings is 1. The molecule has 1 aromatic heterocycles. The highest BCUT2D eigenvalue weighted by Gasteiger charge is 2.24. The van der Waals surface area contributed by atoms with Gasteiger partial charge in [-0.05, 0) is 18.6 Å². The first kappa shape index (κ1) is 16.7. The van der Waals surface area contributed by atoms with Crippen LogP contribution in [0, 0.1) is 0 Å². The number of carbonyl (C=O) groups excluding carboxylic acids is 3. The van der Waals surface area contributed by atoms with Crippen molar-refractivity contribution in [3.05, 3.63) is 47.8 Å². The summed E-state index contributed by atoms with van der Waals surface area (Å²) in [7, 11) is 1.26. The zero-order chi connectivity index (χ0) is 17.8. The molecule has 0 aliphatic carbocycles. The molecule has 1 aliphatic rings. The summed E-state index contributed by atoms with van der Waals surface area (Å²) in [4.78, 5) is 35.6. The minimum atomic E-state index is -0.619. The van der Waals surface area contributed by atoms with Crippen LogP contribution >= 0.6 is 0 Å². The molecule has 1 fully saturated rings. The third-order valence-corrected chi connectivity index (χ3v) is 3.93. The predicted molar refractivity (Wildman–Crippen MR) is 88.4 cm³/mol. The first-order valence-corrected chi connectivity index (χ1v) is 7.90. The Morgan fingerprint density at radius 3 is 2.76 bits per heavy atom. The van der Waals surface area contributed by atoms with Gasteiger partial charge in [-0.1, -0.05) is 18.2 Å². The molecule has 130 valence electrons. The van der Waals surface area contributed by atoms with E-state index in [1.807, 2.05) is 18.2 Å². The van der Waals surface area contributed by atoms with Gasteiger partial charge in [0.25, 0.3) is 5.91 Å². The molecule has 25 heavy (non-hydrogen) atoms. The van der Waals surface area contributed by atoms with Crippen LogP contribution < -0.4 is 10.6 Å². The fourth-order valence-electron chi connectivity index (χ4n) is 2.65. The van der Waals surface area contributed by atoms with Crippen molar-refractivity contribution < 1.29 is 19.1 Å². The SMILES string of the molecule is COC(=O)c1cc(C(=O)NC[C@H]2CCC(=O)N2)n(-c2ccccc2)n1. The smallest absolute Gasteiger partial charge is 0.358 e. The maximum absolute atomic E-state index is 12.6. The molecule has 0 unspecified atom stereocenters. The Balaban J connectivity index is 1.83. The maximum Gasteiger partial charge on any atom is 0.358 e. The van der Waals surface area contributed by atoms with Gasteiger partial charge in [-0.2, -0.15) is 5.10 Å². The van der Waals surface area contributed by atoms with Gasteiger partial charge in [0.2, 0.25) is 5.91 Å². The molecule has 0 bridgehead atoms. The summed E-state index contributed by atoms with van der Waals surface area (Å²) < 4.78 is 6.08. The van der Waals surface area contributed by atoms with Gasteiger partial charge in [-0.25, -0.2) is 9.48 Å². The number of para-hydroxylation sites is 1. The number of hydrogen-bond acceptors (Lipinski definition) is 5. The fraction of sp³-hybridized carbons (Fsp3) is 0.294. The number of nitrogens with zero attached hydrogens (tertiary/aromatic N) is 2. The fourth-order valence-corrected chi connectivity index (χ4v) is 2.65. The molecule has 0 spiro atoms. The molecule has 0 radical (unpaired) electrons. The molecule has 8 heteroatoms. The molecule has 2 heterocycles. The monoisotopic (exact) mass is 342 g/mol. The third-order valence-electron chi connectivity index (χ3n) is 3.93. The van der Waals surface area contributed by atoms with Crippen molar-refractivity contribution in [1.29, 1.82) is 0 Å². The average Bonchev–Trinajstić information content (AvgIpc) is 3.26. The van der Waals surface area contributed by atoms with Crippen LogP contribution in [0.2, 0.25) is 0 Å². The van der Waals surface area contributed by atoms with E-state index in [1.165, 1.54) is 17.9 Å². The van der Waals surface area contributed by atoms with Crippen LogP contribution in [0.25, 0.3) is 5.69 Å². The zero-order valence-electron chi connectivity index (χ0n) is 13.7. The van der Waals surface area contributed by atoms with Crippen molar-refractivity contribution >= 4 is 17.8 Å². The molecule has 0 saturated carbocycles. The van der Waals surface area contributed by atoms with Crippen molar-refractivity contribution in [2.24, 2.45) is 0 Å². The van der Waals surface area contributed by atoms with Gasteiger partial charge in [-0.15, -0.1) is 0 Å². The minimum absolute atomic E-state index is 0.0125. The number of methoxy groups -OCH3 is 1. The van der Waals surface area contributed by atoms with Gasteiger partial charge in [-0.3, -0.25) is 9.59 Å². The molecule has 1 saturated heterocycles. The highest BCUT2D eigenvalue weighted by Crippen LogP contribution is 2.14. The Hall–Kier alpha value is -3.16. The number of esters is 1.